The van der Waals surface area contributed by atoms with E-state index in [1.165, 1.54) is 0 Å². The number of hydrogen-bond donors (Lipinski definition) is 2. The summed E-state index contributed by atoms with van der Waals surface area (Å²) in [6.07, 6.45) is 6.26. The number of carbonyl (C=O) groups excluding carboxylic acids is 4. The van der Waals surface area contributed by atoms with Crippen molar-refractivity contribution in [3.63, 3.8) is 0 Å². The van der Waals surface area contributed by atoms with Crippen molar-refractivity contribution >= 4 is 41.7 Å². The number of halogens is 1. The molecule has 1 atom stereocenters. The number of anilines is 1. The predicted octanol–water partition coefficient (Wildman–Crippen LogP) is 1.57. The van der Waals surface area contributed by atoms with Gasteiger partial charge in [0, 0.05) is 61.3 Å². The Balaban J connectivity index is 0.00000267. The number of carbonyl (C=O) groups is 4. The molecule has 10 heteroatoms. The number of fused-ring (bicyclic) bond motifs is 4. The minimum Gasteiger partial charge on any atom is -0.368 e. The van der Waals surface area contributed by atoms with E-state index >= 15 is 0 Å². The number of nitrogens with one attached hydrogen (secondary N) is 1. The third-order valence-electron chi connectivity index (χ3n) is 9.20. The predicted molar refractivity (Wildman–Crippen MR) is 136 cm³/mol. The van der Waals surface area contributed by atoms with Gasteiger partial charge in [-0.25, -0.2) is 0 Å². The lowest BCUT2D eigenvalue weighted by Crippen LogP contribution is -2.59. The van der Waals surface area contributed by atoms with Crippen molar-refractivity contribution in [1.82, 2.24) is 15.1 Å². The number of imide groups is 1. The van der Waals surface area contributed by atoms with Crippen LogP contribution in [0.5, 0.6) is 0 Å². The third kappa shape index (κ3) is 4.06. The third-order valence-corrected chi connectivity index (χ3v) is 9.20. The van der Waals surface area contributed by atoms with Crippen molar-refractivity contribution < 1.29 is 19.2 Å². The van der Waals surface area contributed by atoms with E-state index in [4.69, 9.17) is 5.73 Å². The van der Waals surface area contributed by atoms with Crippen LogP contribution in [-0.4, -0.2) is 71.2 Å². The molecule has 5 fully saturated rings. The highest BCUT2D eigenvalue weighted by atomic mass is 35.5. The molecule has 3 saturated carbocycles. The molecule has 2 bridgehead atoms. The molecule has 3 aliphatic carbocycles. The highest BCUT2D eigenvalue weighted by molar-refractivity contribution is 6.05. The maximum atomic E-state index is 13.5. The molecule has 2 saturated heterocycles. The SMILES string of the molecule is Cl.NC12CCC(C(=O)N3CCN(c4ccc5c(c4)CN(C4CCC(=O)NC4=O)C5=O)CC3)(CC1)CC2. The highest BCUT2D eigenvalue weighted by Crippen LogP contribution is 2.52. The highest BCUT2D eigenvalue weighted by Gasteiger charge is 2.52. The van der Waals surface area contributed by atoms with E-state index in [1.807, 2.05) is 23.1 Å². The Bertz CT molecular complexity index is 1090. The molecule has 6 aliphatic rings. The average Bonchev–Trinajstić information content (AvgIpc) is 3.20. The van der Waals surface area contributed by atoms with Gasteiger partial charge in [0.25, 0.3) is 5.91 Å². The molecule has 1 aromatic carbocycles. The first-order chi connectivity index (χ1) is 16.8. The molecule has 0 aromatic heterocycles. The molecule has 3 heterocycles. The van der Waals surface area contributed by atoms with Crippen LogP contribution in [-0.2, 0) is 20.9 Å². The molecule has 7 rings (SSSR count). The average molecular weight is 516 g/mol. The molecule has 4 amide bonds. The van der Waals surface area contributed by atoms with Crippen LogP contribution in [0.4, 0.5) is 5.69 Å². The Hall–Kier alpha value is -2.65. The smallest absolute Gasteiger partial charge is 0.255 e. The van der Waals surface area contributed by atoms with Crippen molar-refractivity contribution in [3.8, 4) is 0 Å². The fourth-order valence-corrected chi connectivity index (χ4v) is 6.80. The standard InChI is InChI=1S/C26H33N5O4.ClH/c27-26-8-5-25(6-9-26,7-10-26)24(35)30-13-11-29(12-14-30)18-1-2-19-17(15-18)16-31(23(19)34)20-3-4-21(32)28-22(20)33;/h1-2,15,20H,3-14,16,27H2,(H,28,32,33);1H. The minimum absolute atomic E-state index is 0. The van der Waals surface area contributed by atoms with E-state index in [0.717, 1.165) is 62.9 Å². The monoisotopic (exact) mass is 515 g/mol. The molecule has 0 spiro atoms. The Labute approximate surface area is 217 Å². The molecular weight excluding hydrogens is 482 g/mol. The lowest BCUT2D eigenvalue weighted by Gasteiger charge is -2.52. The number of piperidine rings is 1. The Morgan fingerprint density at radius 3 is 2.28 bits per heavy atom. The first-order valence-corrected chi connectivity index (χ1v) is 12.9. The van der Waals surface area contributed by atoms with Gasteiger partial charge in [-0.15, -0.1) is 12.4 Å². The van der Waals surface area contributed by atoms with Gasteiger partial charge in [0.15, 0.2) is 0 Å². The van der Waals surface area contributed by atoms with Crippen LogP contribution in [0.1, 0.15) is 67.3 Å². The zero-order valence-corrected chi connectivity index (χ0v) is 21.3. The van der Waals surface area contributed by atoms with Crippen LogP contribution < -0.4 is 16.0 Å². The topological polar surface area (TPSA) is 116 Å². The summed E-state index contributed by atoms with van der Waals surface area (Å²) in [6, 6.07) is 5.25. The second-order valence-corrected chi connectivity index (χ2v) is 11.2. The molecule has 1 aromatic rings. The molecule has 36 heavy (non-hydrogen) atoms. The van der Waals surface area contributed by atoms with Crippen molar-refractivity contribution in [2.45, 2.75) is 69.5 Å². The zero-order valence-electron chi connectivity index (χ0n) is 20.5. The summed E-state index contributed by atoms with van der Waals surface area (Å²) in [6.45, 7) is 3.29. The van der Waals surface area contributed by atoms with Gasteiger partial charge < -0.3 is 20.4 Å². The summed E-state index contributed by atoms with van der Waals surface area (Å²) in [5.74, 6) is -0.513. The zero-order chi connectivity index (χ0) is 24.4. The number of piperazine rings is 1. The van der Waals surface area contributed by atoms with Gasteiger partial charge in [-0.2, -0.15) is 0 Å². The molecule has 3 aliphatic heterocycles. The van der Waals surface area contributed by atoms with Gasteiger partial charge in [-0.3, -0.25) is 24.5 Å². The molecule has 3 N–H and O–H groups in total. The number of rotatable bonds is 3. The Kier molecular flexibility index (Phi) is 6.27. The summed E-state index contributed by atoms with van der Waals surface area (Å²) >= 11 is 0. The van der Waals surface area contributed by atoms with Crippen molar-refractivity contribution in [1.29, 1.82) is 0 Å². The number of hydrogen-bond acceptors (Lipinski definition) is 6. The fourth-order valence-electron chi connectivity index (χ4n) is 6.80. The molecule has 0 radical (unpaired) electrons. The lowest BCUT2D eigenvalue weighted by atomic mass is 9.57. The quantitative estimate of drug-likeness (QED) is 0.590. The molecule has 9 nitrogen and oxygen atoms in total. The normalized spacial score (nSPS) is 31.8. The van der Waals surface area contributed by atoms with E-state index in [0.29, 0.717) is 37.5 Å². The van der Waals surface area contributed by atoms with Gasteiger partial charge in [-0.05, 0) is 68.7 Å². The fraction of sp³-hybridized carbons (Fsp3) is 0.615. The van der Waals surface area contributed by atoms with E-state index in [-0.39, 0.29) is 41.6 Å². The Morgan fingerprint density at radius 2 is 1.64 bits per heavy atom. The lowest BCUT2D eigenvalue weighted by molar-refractivity contribution is -0.149. The summed E-state index contributed by atoms with van der Waals surface area (Å²) in [4.78, 5) is 56.1. The molecular formula is C26H34ClN5O4. The summed E-state index contributed by atoms with van der Waals surface area (Å²) in [7, 11) is 0. The number of benzene rings is 1. The van der Waals surface area contributed by atoms with E-state index < -0.39 is 11.9 Å². The van der Waals surface area contributed by atoms with Crippen LogP contribution >= 0.6 is 12.4 Å². The van der Waals surface area contributed by atoms with E-state index in [9.17, 15) is 19.2 Å². The number of nitrogens with zero attached hydrogens (tertiary/aromatic N) is 3. The maximum Gasteiger partial charge on any atom is 0.255 e. The van der Waals surface area contributed by atoms with Gasteiger partial charge in [-0.1, -0.05) is 0 Å². The summed E-state index contributed by atoms with van der Waals surface area (Å²) < 4.78 is 0. The van der Waals surface area contributed by atoms with Crippen molar-refractivity contribution in [2.24, 2.45) is 11.1 Å². The van der Waals surface area contributed by atoms with Gasteiger partial charge >= 0.3 is 0 Å². The molecule has 1 unspecified atom stereocenters. The van der Waals surface area contributed by atoms with Gasteiger partial charge in [0.2, 0.25) is 17.7 Å². The van der Waals surface area contributed by atoms with Crippen LogP contribution in [0.15, 0.2) is 18.2 Å². The Morgan fingerprint density at radius 1 is 0.972 bits per heavy atom. The second kappa shape index (κ2) is 9.03. The number of amides is 4. The first kappa shape index (κ1) is 25.0. The maximum absolute atomic E-state index is 13.5. The molecule has 194 valence electrons. The van der Waals surface area contributed by atoms with Gasteiger partial charge in [0.1, 0.15) is 6.04 Å². The summed E-state index contributed by atoms with van der Waals surface area (Å²) in [5.41, 5.74) is 8.77. The van der Waals surface area contributed by atoms with Crippen LogP contribution in [0.2, 0.25) is 0 Å². The second-order valence-electron chi connectivity index (χ2n) is 11.2. The van der Waals surface area contributed by atoms with Crippen LogP contribution in [0, 0.1) is 5.41 Å². The van der Waals surface area contributed by atoms with Gasteiger partial charge in [0.05, 0.1) is 0 Å². The van der Waals surface area contributed by atoms with Crippen molar-refractivity contribution in [2.75, 3.05) is 31.1 Å². The van der Waals surface area contributed by atoms with Crippen molar-refractivity contribution in [3.05, 3.63) is 29.3 Å². The summed E-state index contributed by atoms with van der Waals surface area (Å²) in [5, 5.41) is 2.35. The van der Waals surface area contributed by atoms with E-state index in [2.05, 4.69) is 10.2 Å². The van der Waals surface area contributed by atoms with E-state index in [1.54, 1.807) is 4.90 Å². The number of nitrogens with two attached hydrogens (primary N) is 1. The van der Waals surface area contributed by atoms with Crippen LogP contribution in [0.3, 0.4) is 0 Å². The first-order valence-electron chi connectivity index (χ1n) is 12.9. The van der Waals surface area contributed by atoms with Crippen LogP contribution in [0.25, 0.3) is 0 Å². The largest absolute Gasteiger partial charge is 0.368 e. The minimum atomic E-state index is -0.603.